The van der Waals surface area contributed by atoms with Crippen molar-refractivity contribution in [3.05, 3.63) is 99.5 Å². The summed E-state index contributed by atoms with van der Waals surface area (Å²) in [7, 11) is -3.95. The number of nitrogens with one attached hydrogen (secondary N) is 1. The van der Waals surface area contributed by atoms with E-state index in [4.69, 9.17) is 23.2 Å². The van der Waals surface area contributed by atoms with Crippen molar-refractivity contribution in [1.29, 1.82) is 0 Å². The van der Waals surface area contributed by atoms with E-state index in [-0.39, 0.29) is 40.5 Å². The second-order valence-electron chi connectivity index (χ2n) is 10.1. The molecular formula is C30H35Cl2N3O4S. The van der Waals surface area contributed by atoms with Crippen LogP contribution in [0.15, 0.2) is 72.8 Å². The fourth-order valence-corrected chi connectivity index (χ4v) is 5.53. The van der Waals surface area contributed by atoms with E-state index in [9.17, 15) is 18.0 Å². The van der Waals surface area contributed by atoms with Gasteiger partial charge in [0.15, 0.2) is 0 Å². The summed E-state index contributed by atoms with van der Waals surface area (Å²) in [5.41, 5.74) is 2.74. The van der Waals surface area contributed by atoms with Crippen LogP contribution in [0.25, 0.3) is 0 Å². The van der Waals surface area contributed by atoms with E-state index in [1.165, 1.54) is 17.0 Å². The van der Waals surface area contributed by atoms with Gasteiger partial charge in [-0.1, -0.05) is 97.7 Å². The number of carbonyl (C=O) groups excluding carboxylic acids is 2. The highest BCUT2D eigenvalue weighted by molar-refractivity contribution is 7.92. The number of halogens is 2. The lowest BCUT2D eigenvalue weighted by molar-refractivity contribution is -0.140. The van der Waals surface area contributed by atoms with Crippen LogP contribution in [0.5, 0.6) is 0 Å². The zero-order valence-corrected chi connectivity index (χ0v) is 25.4. The Bertz CT molecular complexity index is 1430. The molecule has 0 aliphatic carbocycles. The van der Waals surface area contributed by atoms with Gasteiger partial charge in [-0.15, -0.1) is 0 Å². The Hall–Kier alpha value is -3.07. The van der Waals surface area contributed by atoms with Crippen molar-refractivity contribution in [2.24, 2.45) is 5.92 Å². The molecule has 7 nitrogen and oxygen atoms in total. The number of nitrogens with zero attached hydrogens (tertiary/aromatic N) is 2. The van der Waals surface area contributed by atoms with Gasteiger partial charge < -0.3 is 10.2 Å². The van der Waals surface area contributed by atoms with E-state index in [0.717, 1.165) is 27.3 Å². The molecular weight excluding hydrogens is 569 g/mol. The van der Waals surface area contributed by atoms with E-state index >= 15 is 0 Å². The van der Waals surface area contributed by atoms with Crippen LogP contribution in [0.4, 0.5) is 5.69 Å². The van der Waals surface area contributed by atoms with Crippen LogP contribution in [0.2, 0.25) is 10.0 Å². The van der Waals surface area contributed by atoms with Crippen molar-refractivity contribution in [3.63, 3.8) is 0 Å². The highest BCUT2D eigenvalue weighted by Gasteiger charge is 2.33. The molecule has 0 radical (unpaired) electrons. The average Bonchev–Trinajstić information content (AvgIpc) is 2.90. The Labute approximate surface area is 247 Å². The fourth-order valence-electron chi connectivity index (χ4n) is 4.23. The molecule has 1 N–H and O–H groups in total. The quantitative estimate of drug-likeness (QED) is 0.297. The molecule has 1 atom stereocenters. The molecule has 0 aromatic heterocycles. The van der Waals surface area contributed by atoms with Gasteiger partial charge in [-0.25, -0.2) is 8.42 Å². The number of hydrogen-bond donors (Lipinski definition) is 1. The van der Waals surface area contributed by atoms with Crippen LogP contribution >= 0.6 is 23.2 Å². The highest BCUT2D eigenvalue weighted by Crippen LogP contribution is 2.34. The summed E-state index contributed by atoms with van der Waals surface area (Å²) in [6, 6.07) is 20.7. The van der Waals surface area contributed by atoms with Gasteiger partial charge in [-0.2, -0.15) is 0 Å². The highest BCUT2D eigenvalue weighted by atomic mass is 35.5. The van der Waals surface area contributed by atoms with Crippen LogP contribution in [-0.2, 0) is 32.6 Å². The number of anilines is 1. The summed E-state index contributed by atoms with van der Waals surface area (Å²) in [5.74, 6) is -0.663. The van der Waals surface area contributed by atoms with Crippen molar-refractivity contribution in [2.45, 2.75) is 39.8 Å². The van der Waals surface area contributed by atoms with Gasteiger partial charge in [0.05, 0.1) is 22.0 Å². The molecule has 0 spiro atoms. The maximum atomic E-state index is 14.1. The van der Waals surface area contributed by atoms with Crippen molar-refractivity contribution >= 4 is 50.7 Å². The molecule has 0 aliphatic heterocycles. The summed E-state index contributed by atoms with van der Waals surface area (Å²) in [6.07, 6.45) is 1.25. The molecule has 0 bridgehead atoms. The maximum Gasteiger partial charge on any atom is 0.244 e. The first-order valence-corrected chi connectivity index (χ1v) is 15.6. The van der Waals surface area contributed by atoms with E-state index in [2.05, 4.69) is 5.32 Å². The smallest absolute Gasteiger partial charge is 0.244 e. The lowest BCUT2D eigenvalue weighted by atomic mass is 10.0. The van der Waals surface area contributed by atoms with Crippen LogP contribution < -0.4 is 9.62 Å². The molecule has 0 fully saturated rings. The van der Waals surface area contributed by atoms with Gasteiger partial charge in [0, 0.05) is 19.5 Å². The number of carbonyl (C=O) groups is 2. The number of rotatable bonds is 12. The predicted molar refractivity (Wildman–Crippen MR) is 162 cm³/mol. The number of hydrogen-bond acceptors (Lipinski definition) is 4. The Morgan fingerprint density at radius 3 is 2.20 bits per heavy atom. The number of benzene rings is 3. The zero-order valence-electron chi connectivity index (χ0n) is 23.1. The Morgan fingerprint density at radius 2 is 1.57 bits per heavy atom. The standard InChI is InChI=1S/C30H35Cl2N3O4S/c1-21(2)18-33-30(37)27(17-23-12-6-5-7-13-23)34(19-24-14-9-8-11-22(24)3)28(36)20-35(40(4,38)39)26-16-10-15-25(31)29(26)32/h5-16,21,27H,17-20H2,1-4H3,(H,33,37)/t27-/m0/s1. The third-order valence-corrected chi connectivity index (χ3v) is 8.37. The Balaban J connectivity index is 2.08. The number of amides is 2. The molecule has 3 aromatic carbocycles. The van der Waals surface area contributed by atoms with E-state index < -0.39 is 28.5 Å². The van der Waals surface area contributed by atoms with Gasteiger partial charge in [-0.3, -0.25) is 13.9 Å². The summed E-state index contributed by atoms with van der Waals surface area (Å²) >= 11 is 12.5. The summed E-state index contributed by atoms with van der Waals surface area (Å²) in [6.45, 7) is 5.89. The first-order valence-electron chi connectivity index (χ1n) is 13.0. The van der Waals surface area contributed by atoms with Crippen molar-refractivity contribution in [3.8, 4) is 0 Å². The lowest BCUT2D eigenvalue weighted by Gasteiger charge is -2.34. The monoisotopic (exact) mass is 603 g/mol. The zero-order chi connectivity index (χ0) is 29.4. The van der Waals surface area contributed by atoms with Crippen molar-refractivity contribution in [1.82, 2.24) is 10.2 Å². The topological polar surface area (TPSA) is 86.8 Å². The van der Waals surface area contributed by atoms with E-state index in [1.807, 2.05) is 75.4 Å². The normalized spacial score (nSPS) is 12.2. The van der Waals surface area contributed by atoms with Crippen molar-refractivity contribution in [2.75, 3.05) is 23.7 Å². The van der Waals surface area contributed by atoms with Crippen LogP contribution in [0.3, 0.4) is 0 Å². The minimum absolute atomic E-state index is 0.0170. The van der Waals surface area contributed by atoms with E-state index in [0.29, 0.717) is 6.54 Å². The summed E-state index contributed by atoms with van der Waals surface area (Å²) in [4.78, 5) is 29.2. The van der Waals surface area contributed by atoms with Crippen LogP contribution in [0.1, 0.15) is 30.5 Å². The summed E-state index contributed by atoms with van der Waals surface area (Å²) in [5, 5.41) is 3.14. The van der Waals surface area contributed by atoms with Crippen LogP contribution in [-0.4, -0.2) is 50.5 Å². The molecule has 3 rings (SSSR count). The molecule has 214 valence electrons. The molecule has 0 aliphatic rings. The van der Waals surface area contributed by atoms with Gasteiger partial charge in [-0.05, 0) is 41.7 Å². The molecule has 2 amide bonds. The third kappa shape index (κ3) is 8.46. The molecule has 10 heteroatoms. The van der Waals surface area contributed by atoms with Crippen molar-refractivity contribution < 1.29 is 18.0 Å². The molecule has 0 unspecified atom stereocenters. The molecule has 0 heterocycles. The van der Waals surface area contributed by atoms with E-state index in [1.54, 1.807) is 6.07 Å². The molecule has 0 saturated heterocycles. The van der Waals surface area contributed by atoms with Gasteiger partial charge in [0.25, 0.3) is 0 Å². The third-order valence-electron chi connectivity index (χ3n) is 6.44. The second kappa shape index (κ2) is 14.0. The largest absolute Gasteiger partial charge is 0.354 e. The van der Waals surface area contributed by atoms with Gasteiger partial charge in [0.2, 0.25) is 21.8 Å². The molecule has 40 heavy (non-hydrogen) atoms. The first-order chi connectivity index (χ1) is 18.9. The number of sulfonamides is 1. The first kappa shape index (κ1) is 31.5. The number of aryl methyl sites for hydroxylation is 1. The van der Waals surface area contributed by atoms with Gasteiger partial charge in [0.1, 0.15) is 12.6 Å². The Morgan fingerprint density at radius 1 is 0.925 bits per heavy atom. The second-order valence-corrected chi connectivity index (χ2v) is 12.8. The molecule has 0 saturated carbocycles. The SMILES string of the molecule is Cc1ccccc1CN(C(=O)CN(c1cccc(Cl)c1Cl)S(C)(=O)=O)[C@@H](Cc1ccccc1)C(=O)NCC(C)C. The minimum Gasteiger partial charge on any atom is -0.354 e. The van der Waals surface area contributed by atoms with Gasteiger partial charge >= 0.3 is 0 Å². The predicted octanol–water partition coefficient (Wildman–Crippen LogP) is 5.48. The minimum atomic E-state index is -3.95. The maximum absolute atomic E-state index is 14.1. The molecule has 3 aromatic rings. The summed E-state index contributed by atoms with van der Waals surface area (Å²) < 4.78 is 26.8. The Kier molecular flexibility index (Phi) is 11.0. The average molecular weight is 605 g/mol. The van der Waals surface area contributed by atoms with Crippen LogP contribution in [0, 0.1) is 12.8 Å². The lowest BCUT2D eigenvalue weighted by Crippen LogP contribution is -2.53. The fraction of sp³-hybridized carbons (Fsp3) is 0.333.